The number of para-hydroxylation sites is 1. The number of likely N-dealkylation sites (tertiary alicyclic amines) is 1. The zero-order chi connectivity index (χ0) is 31.1. The van der Waals surface area contributed by atoms with E-state index in [0.29, 0.717) is 67.8 Å². The van der Waals surface area contributed by atoms with Crippen molar-refractivity contribution in [2.45, 2.75) is 44.6 Å². The minimum absolute atomic E-state index is 0.0480. The average molecular weight is 638 g/mol. The molecule has 0 aliphatic carbocycles. The third-order valence-electron chi connectivity index (χ3n) is 8.39. The molecule has 0 radical (unpaired) electrons. The molecule has 5 rings (SSSR count). The van der Waals surface area contributed by atoms with Crippen LogP contribution in [0.25, 0.3) is 0 Å². The molecule has 8 nitrogen and oxygen atoms in total. The normalized spacial score (nSPS) is 16.0. The van der Waals surface area contributed by atoms with Gasteiger partial charge in [0, 0.05) is 40.9 Å². The van der Waals surface area contributed by atoms with Crippen LogP contribution >= 0.6 is 23.2 Å². The zero-order valence-corrected chi connectivity index (χ0v) is 26.4. The molecule has 0 aromatic heterocycles. The Morgan fingerprint density at radius 1 is 0.977 bits per heavy atom. The van der Waals surface area contributed by atoms with Crippen LogP contribution < -0.4 is 15.0 Å². The van der Waals surface area contributed by atoms with Gasteiger partial charge < -0.3 is 24.8 Å². The number of hydrogen-bond donors (Lipinski definition) is 1. The molecule has 3 aromatic carbocycles. The molecule has 1 N–H and O–H groups in total. The lowest BCUT2D eigenvalue weighted by atomic mass is 9.85. The van der Waals surface area contributed by atoms with E-state index in [2.05, 4.69) is 17.1 Å². The average Bonchev–Trinajstić information content (AvgIpc) is 3.29. The van der Waals surface area contributed by atoms with Crippen molar-refractivity contribution in [3.05, 3.63) is 94.0 Å². The smallest absolute Gasteiger partial charge is 0.253 e. The fourth-order valence-corrected chi connectivity index (χ4v) is 6.41. The van der Waals surface area contributed by atoms with Crippen LogP contribution in [0.15, 0.2) is 72.8 Å². The van der Waals surface area contributed by atoms with Crippen molar-refractivity contribution in [2.75, 3.05) is 44.4 Å². The van der Waals surface area contributed by atoms with Gasteiger partial charge >= 0.3 is 0 Å². The summed E-state index contributed by atoms with van der Waals surface area (Å²) in [6.07, 6.45) is 3.53. The molecule has 2 saturated heterocycles. The number of anilines is 1. The van der Waals surface area contributed by atoms with Crippen LogP contribution in [-0.4, -0.2) is 72.5 Å². The summed E-state index contributed by atoms with van der Waals surface area (Å²) in [5, 5.41) is 4.04. The molecule has 2 aliphatic rings. The van der Waals surface area contributed by atoms with Crippen molar-refractivity contribution < 1.29 is 19.1 Å². The highest BCUT2D eigenvalue weighted by Crippen LogP contribution is 2.39. The van der Waals surface area contributed by atoms with Crippen LogP contribution in [0, 0.1) is 0 Å². The number of ether oxygens (including phenoxy) is 1. The number of hydrogen-bond acceptors (Lipinski definition) is 5. The van der Waals surface area contributed by atoms with Crippen LogP contribution in [-0.2, 0) is 16.0 Å². The summed E-state index contributed by atoms with van der Waals surface area (Å²) >= 11 is 12.2. The lowest BCUT2D eigenvalue weighted by molar-refractivity contribution is -0.137. The Morgan fingerprint density at radius 2 is 1.70 bits per heavy atom. The van der Waals surface area contributed by atoms with Crippen LogP contribution in [0.1, 0.15) is 48.5 Å². The molecule has 0 bridgehead atoms. The maximum absolute atomic E-state index is 14.0. The zero-order valence-electron chi connectivity index (χ0n) is 24.9. The molecule has 0 saturated carbocycles. The summed E-state index contributed by atoms with van der Waals surface area (Å²) in [4.78, 5) is 45.9. The highest BCUT2D eigenvalue weighted by atomic mass is 35.5. The first kappa shape index (κ1) is 31.7. The SMILES string of the molecule is CCCCOc1ccc(C(=O)N2CCC3(CC2)C(=O)N(CC(=O)NCCc2ccc(Cl)cc2Cl)CN3c2ccccc2)cc1. The number of halogens is 2. The molecule has 232 valence electrons. The fourth-order valence-electron chi connectivity index (χ4n) is 5.90. The van der Waals surface area contributed by atoms with Gasteiger partial charge in [0.05, 0.1) is 13.3 Å². The lowest BCUT2D eigenvalue weighted by Crippen LogP contribution is -2.57. The largest absolute Gasteiger partial charge is 0.494 e. The van der Waals surface area contributed by atoms with E-state index in [4.69, 9.17) is 27.9 Å². The molecular weight excluding hydrogens is 599 g/mol. The minimum atomic E-state index is -0.827. The Hall–Kier alpha value is -3.75. The van der Waals surface area contributed by atoms with Crippen LogP contribution in [0.5, 0.6) is 5.75 Å². The van der Waals surface area contributed by atoms with Crippen LogP contribution in [0.2, 0.25) is 10.0 Å². The van der Waals surface area contributed by atoms with E-state index in [-0.39, 0.29) is 24.3 Å². The maximum Gasteiger partial charge on any atom is 0.253 e. The topological polar surface area (TPSA) is 82.2 Å². The van der Waals surface area contributed by atoms with Gasteiger partial charge in [-0.3, -0.25) is 14.4 Å². The number of nitrogens with zero attached hydrogens (tertiary/aromatic N) is 3. The standard InChI is InChI=1S/C34H38Cl2N4O4/c1-2-3-21-44-29-13-10-26(11-14-29)32(42)38-19-16-34(17-20-38)33(43)39(24-40(34)28-7-5-4-6-8-28)23-31(41)37-18-15-25-9-12-27(35)22-30(25)36/h4-14,22H,2-3,15-21,23-24H2,1H3,(H,37,41). The second kappa shape index (κ2) is 14.4. The Balaban J connectivity index is 1.22. The predicted molar refractivity (Wildman–Crippen MR) is 173 cm³/mol. The van der Waals surface area contributed by atoms with E-state index in [9.17, 15) is 14.4 Å². The number of carbonyl (C=O) groups excluding carboxylic acids is 3. The van der Waals surface area contributed by atoms with E-state index in [1.165, 1.54) is 0 Å². The number of benzene rings is 3. The molecule has 2 heterocycles. The van der Waals surface area contributed by atoms with Gasteiger partial charge in [-0.1, -0.05) is 60.8 Å². The predicted octanol–water partition coefficient (Wildman–Crippen LogP) is 5.81. The lowest BCUT2D eigenvalue weighted by Gasteiger charge is -2.43. The van der Waals surface area contributed by atoms with Gasteiger partial charge in [-0.05, 0) is 79.8 Å². The van der Waals surface area contributed by atoms with Gasteiger partial charge in [0.15, 0.2) is 0 Å². The van der Waals surface area contributed by atoms with E-state index in [0.717, 1.165) is 29.8 Å². The Morgan fingerprint density at radius 3 is 2.39 bits per heavy atom. The first-order chi connectivity index (χ1) is 21.3. The van der Waals surface area contributed by atoms with Gasteiger partial charge in [0.1, 0.15) is 17.8 Å². The number of carbonyl (C=O) groups is 3. The number of amides is 3. The summed E-state index contributed by atoms with van der Waals surface area (Å²) < 4.78 is 5.73. The Kier molecular flexibility index (Phi) is 10.3. The van der Waals surface area contributed by atoms with Crippen molar-refractivity contribution >= 4 is 46.6 Å². The molecule has 3 aromatic rings. The van der Waals surface area contributed by atoms with Gasteiger partial charge in [-0.2, -0.15) is 0 Å². The van der Waals surface area contributed by atoms with Crippen molar-refractivity contribution in [1.82, 2.24) is 15.1 Å². The van der Waals surface area contributed by atoms with Gasteiger partial charge in [0.25, 0.3) is 11.8 Å². The monoisotopic (exact) mass is 636 g/mol. The third kappa shape index (κ3) is 7.13. The van der Waals surface area contributed by atoms with Gasteiger partial charge in [-0.15, -0.1) is 0 Å². The second-order valence-corrected chi connectivity index (χ2v) is 12.1. The number of nitrogens with one attached hydrogen (secondary N) is 1. The van der Waals surface area contributed by atoms with E-state index < -0.39 is 5.54 Å². The molecular formula is C34H38Cl2N4O4. The fraction of sp³-hybridized carbons (Fsp3) is 0.382. The third-order valence-corrected chi connectivity index (χ3v) is 8.98. The van der Waals surface area contributed by atoms with Crippen LogP contribution in [0.4, 0.5) is 5.69 Å². The van der Waals surface area contributed by atoms with Gasteiger partial charge in [-0.25, -0.2) is 0 Å². The summed E-state index contributed by atoms with van der Waals surface area (Å²) in [6.45, 7) is 4.28. The first-order valence-electron chi connectivity index (χ1n) is 15.2. The molecule has 2 fully saturated rings. The summed E-state index contributed by atoms with van der Waals surface area (Å²) in [7, 11) is 0. The van der Waals surface area contributed by atoms with E-state index >= 15 is 0 Å². The summed E-state index contributed by atoms with van der Waals surface area (Å²) in [6, 6.07) is 22.3. The molecule has 2 aliphatic heterocycles. The summed E-state index contributed by atoms with van der Waals surface area (Å²) in [5.74, 6) is 0.371. The Bertz CT molecular complexity index is 1460. The Labute approximate surface area is 268 Å². The van der Waals surface area contributed by atoms with Crippen molar-refractivity contribution in [1.29, 1.82) is 0 Å². The minimum Gasteiger partial charge on any atom is -0.494 e. The highest BCUT2D eigenvalue weighted by Gasteiger charge is 2.54. The van der Waals surface area contributed by atoms with E-state index in [1.54, 1.807) is 29.2 Å². The van der Waals surface area contributed by atoms with Crippen molar-refractivity contribution in [2.24, 2.45) is 0 Å². The number of unbranched alkanes of at least 4 members (excludes halogenated alkanes) is 1. The van der Waals surface area contributed by atoms with Gasteiger partial charge in [0.2, 0.25) is 5.91 Å². The second-order valence-electron chi connectivity index (χ2n) is 11.3. The quantitative estimate of drug-likeness (QED) is 0.269. The number of rotatable bonds is 11. The highest BCUT2D eigenvalue weighted by molar-refractivity contribution is 6.35. The first-order valence-corrected chi connectivity index (χ1v) is 15.9. The molecule has 0 atom stereocenters. The van der Waals surface area contributed by atoms with Crippen molar-refractivity contribution in [3.8, 4) is 5.75 Å². The molecule has 3 amide bonds. The van der Waals surface area contributed by atoms with E-state index in [1.807, 2.05) is 53.4 Å². The molecule has 44 heavy (non-hydrogen) atoms. The van der Waals surface area contributed by atoms with Crippen molar-refractivity contribution in [3.63, 3.8) is 0 Å². The van der Waals surface area contributed by atoms with Crippen LogP contribution in [0.3, 0.4) is 0 Å². The molecule has 10 heteroatoms. The molecule has 0 unspecified atom stereocenters. The summed E-state index contributed by atoms with van der Waals surface area (Å²) in [5.41, 5.74) is 1.58. The maximum atomic E-state index is 14.0. The molecule has 1 spiro atoms. The number of piperidine rings is 1.